The molecule has 0 bridgehead atoms. The number of anilines is 2. The summed E-state index contributed by atoms with van der Waals surface area (Å²) >= 11 is 0. The van der Waals surface area contributed by atoms with E-state index in [0.717, 1.165) is 19.2 Å². The fourth-order valence-electron chi connectivity index (χ4n) is 4.86. The standard InChI is InChI=1S/C32H28F3N7O/c1-20-22(4-5-23-17-39-30(37)27-8-3-21(16-36)13-28(23)27)14-25(18-38-20)31(43)40-26-7-6-24(29(15-26)32(33,34)35)19-42-11-9-41(2)10-12-42/h3,6-8,13-15,17-18H,9-12,19H2,1-2H3,(H2,37,39)(H,40,43). The van der Waals surface area contributed by atoms with Gasteiger partial charge < -0.3 is 16.0 Å². The van der Waals surface area contributed by atoms with Crippen LogP contribution in [-0.4, -0.2) is 58.9 Å². The lowest BCUT2D eigenvalue weighted by atomic mass is 10.0. The fourth-order valence-corrected chi connectivity index (χ4v) is 4.86. The van der Waals surface area contributed by atoms with Gasteiger partial charge in [0.05, 0.1) is 34.0 Å². The number of benzene rings is 2. The van der Waals surface area contributed by atoms with Crippen LogP contribution < -0.4 is 11.1 Å². The summed E-state index contributed by atoms with van der Waals surface area (Å²) in [5.41, 5.74) is 7.53. The molecule has 5 rings (SSSR count). The van der Waals surface area contributed by atoms with Crippen LogP contribution >= 0.6 is 0 Å². The molecule has 1 saturated heterocycles. The largest absolute Gasteiger partial charge is 0.416 e. The van der Waals surface area contributed by atoms with Crippen molar-refractivity contribution in [2.24, 2.45) is 0 Å². The third-order valence-corrected chi connectivity index (χ3v) is 7.39. The number of nitrogen functional groups attached to an aromatic ring is 1. The van der Waals surface area contributed by atoms with E-state index in [2.05, 4.69) is 38.1 Å². The molecule has 0 saturated carbocycles. The molecular formula is C32H28F3N7O. The highest BCUT2D eigenvalue weighted by molar-refractivity contribution is 6.04. The van der Waals surface area contributed by atoms with Crippen LogP contribution in [0.5, 0.6) is 0 Å². The molecule has 4 aromatic rings. The lowest BCUT2D eigenvalue weighted by molar-refractivity contribution is -0.138. The summed E-state index contributed by atoms with van der Waals surface area (Å²) in [4.78, 5) is 25.7. The Bertz CT molecular complexity index is 1810. The van der Waals surface area contributed by atoms with Crippen LogP contribution in [0.15, 0.2) is 54.9 Å². The lowest BCUT2D eigenvalue weighted by Crippen LogP contribution is -2.44. The topological polar surface area (TPSA) is 111 Å². The van der Waals surface area contributed by atoms with Gasteiger partial charge in [0.2, 0.25) is 0 Å². The van der Waals surface area contributed by atoms with Gasteiger partial charge in [0.25, 0.3) is 5.91 Å². The molecule has 1 aliphatic heterocycles. The first-order chi connectivity index (χ1) is 20.5. The minimum atomic E-state index is -4.58. The van der Waals surface area contributed by atoms with E-state index in [1.54, 1.807) is 25.1 Å². The summed E-state index contributed by atoms with van der Waals surface area (Å²) in [6.07, 6.45) is -1.72. The zero-order valence-corrected chi connectivity index (χ0v) is 23.6. The van der Waals surface area contributed by atoms with Crippen LogP contribution in [0.3, 0.4) is 0 Å². The van der Waals surface area contributed by atoms with Crippen molar-refractivity contribution in [1.82, 2.24) is 19.8 Å². The Labute approximate surface area is 246 Å². The molecule has 0 atom stereocenters. The number of amides is 1. The molecular weight excluding hydrogens is 555 g/mol. The van der Waals surface area contributed by atoms with Crippen molar-refractivity contribution in [2.75, 3.05) is 44.3 Å². The zero-order valence-electron chi connectivity index (χ0n) is 23.6. The molecule has 0 unspecified atom stereocenters. The highest BCUT2D eigenvalue weighted by Crippen LogP contribution is 2.35. The van der Waals surface area contributed by atoms with Crippen molar-refractivity contribution in [1.29, 1.82) is 5.26 Å². The molecule has 2 aromatic carbocycles. The van der Waals surface area contributed by atoms with E-state index < -0.39 is 17.6 Å². The third-order valence-electron chi connectivity index (χ3n) is 7.39. The SMILES string of the molecule is Cc1ncc(C(=O)Nc2ccc(CN3CCN(C)CC3)c(C(F)(F)F)c2)cc1C#Cc1cnc(N)c2ccc(C#N)cc12. The molecule has 1 aliphatic rings. The van der Waals surface area contributed by atoms with Crippen molar-refractivity contribution in [3.63, 3.8) is 0 Å². The Balaban J connectivity index is 1.39. The van der Waals surface area contributed by atoms with Gasteiger partial charge in [0, 0.05) is 67.1 Å². The normalized spacial score (nSPS) is 14.1. The van der Waals surface area contributed by atoms with Crippen molar-refractivity contribution < 1.29 is 18.0 Å². The summed E-state index contributed by atoms with van der Waals surface area (Å²) in [7, 11) is 1.99. The Morgan fingerprint density at radius 2 is 1.74 bits per heavy atom. The van der Waals surface area contributed by atoms with Crippen LogP contribution in [0.1, 0.15) is 43.9 Å². The number of aromatic nitrogens is 2. The van der Waals surface area contributed by atoms with E-state index >= 15 is 0 Å². The van der Waals surface area contributed by atoms with E-state index in [1.165, 1.54) is 30.6 Å². The van der Waals surface area contributed by atoms with Gasteiger partial charge in [-0.2, -0.15) is 18.4 Å². The minimum absolute atomic E-state index is 0.0281. The summed E-state index contributed by atoms with van der Waals surface area (Å²) in [5, 5.41) is 13.2. The maximum Gasteiger partial charge on any atom is 0.416 e. The molecule has 3 N–H and O–H groups in total. The second kappa shape index (κ2) is 12.1. The number of halogens is 3. The van der Waals surface area contributed by atoms with Crippen LogP contribution in [0.2, 0.25) is 0 Å². The molecule has 2 aromatic heterocycles. The number of hydrogen-bond donors (Lipinski definition) is 2. The Morgan fingerprint density at radius 1 is 1.00 bits per heavy atom. The summed E-state index contributed by atoms with van der Waals surface area (Å²) in [5.74, 6) is 5.72. The maximum atomic E-state index is 14.0. The van der Waals surface area contributed by atoms with Crippen LogP contribution in [0, 0.1) is 30.1 Å². The van der Waals surface area contributed by atoms with E-state index in [4.69, 9.17) is 5.73 Å². The average Bonchev–Trinajstić information content (AvgIpc) is 2.98. The van der Waals surface area contributed by atoms with Gasteiger partial charge in [0.1, 0.15) is 5.82 Å². The van der Waals surface area contributed by atoms with Gasteiger partial charge >= 0.3 is 6.18 Å². The molecule has 8 nitrogen and oxygen atoms in total. The number of fused-ring (bicyclic) bond motifs is 1. The fraction of sp³-hybridized carbons (Fsp3) is 0.250. The number of carbonyl (C=O) groups excluding carboxylic acids is 1. The highest BCUT2D eigenvalue weighted by atomic mass is 19.4. The maximum absolute atomic E-state index is 14.0. The van der Waals surface area contributed by atoms with E-state index in [-0.39, 0.29) is 23.4 Å². The third kappa shape index (κ3) is 6.75. The smallest absolute Gasteiger partial charge is 0.383 e. The number of nitrogens with one attached hydrogen (secondary N) is 1. The number of likely N-dealkylation sites (N-methyl/N-ethyl adjacent to an activating group) is 1. The molecule has 0 aliphatic carbocycles. The zero-order chi connectivity index (χ0) is 30.7. The second-order valence-electron chi connectivity index (χ2n) is 10.4. The Hall–Kier alpha value is -4.97. The first kappa shape index (κ1) is 29.5. The number of aryl methyl sites for hydroxylation is 1. The summed E-state index contributed by atoms with van der Waals surface area (Å²) in [6.45, 7) is 4.86. The predicted octanol–water partition coefficient (Wildman–Crippen LogP) is 4.81. The van der Waals surface area contributed by atoms with Crippen LogP contribution in [-0.2, 0) is 12.7 Å². The van der Waals surface area contributed by atoms with E-state index in [9.17, 15) is 23.2 Å². The quantitative estimate of drug-likeness (QED) is 0.332. The average molecular weight is 584 g/mol. The van der Waals surface area contributed by atoms with Gasteiger partial charge in [-0.25, -0.2) is 4.98 Å². The molecule has 0 spiro atoms. The Morgan fingerprint density at radius 3 is 2.47 bits per heavy atom. The van der Waals surface area contributed by atoms with Crippen LogP contribution in [0.4, 0.5) is 24.7 Å². The molecule has 43 heavy (non-hydrogen) atoms. The van der Waals surface area contributed by atoms with E-state index in [0.29, 0.717) is 52.1 Å². The number of alkyl halides is 3. The number of piperazine rings is 1. The lowest BCUT2D eigenvalue weighted by Gasteiger charge is -2.33. The highest BCUT2D eigenvalue weighted by Gasteiger charge is 2.34. The van der Waals surface area contributed by atoms with Crippen molar-refractivity contribution in [3.8, 4) is 17.9 Å². The van der Waals surface area contributed by atoms with Crippen LogP contribution in [0.25, 0.3) is 10.8 Å². The monoisotopic (exact) mass is 583 g/mol. The van der Waals surface area contributed by atoms with Gasteiger partial charge in [-0.15, -0.1) is 0 Å². The van der Waals surface area contributed by atoms with E-state index in [1.807, 2.05) is 11.9 Å². The number of nitrogens with zero attached hydrogens (tertiary/aromatic N) is 5. The number of rotatable bonds is 4. The first-order valence-corrected chi connectivity index (χ1v) is 13.5. The molecule has 0 radical (unpaired) electrons. The second-order valence-corrected chi connectivity index (χ2v) is 10.4. The van der Waals surface area contributed by atoms with Gasteiger partial charge in [-0.3, -0.25) is 14.7 Å². The van der Waals surface area contributed by atoms with Gasteiger partial charge in [-0.05, 0) is 55.9 Å². The van der Waals surface area contributed by atoms with Crippen molar-refractivity contribution in [3.05, 3.63) is 93.9 Å². The summed E-state index contributed by atoms with van der Waals surface area (Å²) in [6, 6.07) is 12.5. The molecule has 218 valence electrons. The first-order valence-electron chi connectivity index (χ1n) is 13.5. The number of pyridine rings is 2. The minimum Gasteiger partial charge on any atom is -0.383 e. The van der Waals surface area contributed by atoms with Gasteiger partial charge in [0.15, 0.2) is 0 Å². The van der Waals surface area contributed by atoms with Gasteiger partial charge in [-0.1, -0.05) is 17.9 Å². The predicted molar refractivity (Wildman–Crippen MR) is 158 cm³/mol. The molecule has 11 heteroatoms. The Kier molecular flexibility index (Phi) is 8.31. The molecule has 1 amide bonds. The number of nitrogens with two attached hydrogens (primary N) is 1. The number of carbonyl (C=O) groups is 1. The molecule has 1 fully saturated rings. The number of nitriles is 1. The summed E-state index contributed by atoms with van der Waals surface area (Å²) < 4.78 is 42.0. The van der Waals surface area contributed by atoms with Crippen molar-refractivity contribution in [2.45, 2.75) is 19.6 Å². The molecule has 3 heterocycles. The van der Waals surface area contributed by atoms with Crippen molar-refractivity contribution >= 4 is 28.2 Å². The number of hydrogen-bond acceptors (Lipinski definition) is 7.